The molecule has 0 aromatic heterocycles. The van der Waals surface area contributed by atoms with E-state index in [1.54, 1.807) is 34.6 Å². The van der Waals surface area contributed by atoms with E-state index in [-0.39, 0.29) is 24.1 Å². The third-order valence-electron chi connectivity index (χ3n) is 3.76. The van der Waals surface area contributed by atoms with Gasteiger partial charge in [0.25, 0.3) is 0 Å². The normalized spacial score (nSPS) is 18.2. The molecule has 0 amide bonds. The SMILES string of the molecule is CC(C)(C)S(=O)(=O)CCNCC(C)(C)S(=O)(=O)C1CC1. The Hall–Kier alpha value is -0.140. The second-order valence-electron chi connectivity index (χ2n) is 7.11. The van der Waals surface area contributed by atoms with E-state index in [1.807, 2.05) is 0 Å². The van der Waals surface area contributed by atoms with E-state index in [1.165, 1.54) is 0 Å². The fraction of sp³-hybridized carbons (Fsp3) is 1.00. The maximum Gasteiger partial charge on any atom is 0.159 e. The van der Waals surface area contributed by atoms with Gasteiger partial charge in [-0.05, 0) is 47.5 Å². The highest BCUT2D eigenvalue weighted by atomic mass is 32.2. The Balaban J connectivity index is 2.49. The summed E-state index contributed by atoms with van der Waals surface area (Å²) >= 11 is 0. The third-order valence-corrected chi connectivity index (χ3v) is 9.41. The quantitative estimate of drug-likeness (QED) is 0.710. The van der Waals surface area contributed by atoms with E-state index in [0.29, 0.717) is 0 Å². The molecule has 0 spiro atoms. The molecule has 1 rings (SSSR count). The molecule has 1 saturated carbocycles. The second kappa shape index (κ2) is 5.57. The fourth-order valence-corrected chi connectivity index (χ4v) is 4.82. The molecule has 120 valence electrons. The molecule has 0 radical (unpaired) electrons. The Morgan fingerprint density at radius 2 is 1.50 bits per heavy atom. The van der Waals surface area contributed by atoms with E-state index in [4.69, 9.17) is 0 Å². The summed E-state index contributed by atoms with van der Waals surface area (Å²) in [6.07, 6.45) is 1.51. The van der Waals surface area contributed by atoms with Crippen LogP contribution in [0.3, 0.4) is 0 Å². The maximum atomic E-state index is 12.2. The zero-order valence-corrected chi connectivity index (χ0v) is 14.7. The summed E-state index contributed by atoms with van der Waals surface area (Å²) in [4.78, 5) is 0. The molecular formula is C13H27NO4S2. The number of nitrogens with one attached hydrogen (secondary N) is 1. The van der Waals surface area contributed by atoms with Crippen LogP contribution < -0.4 is 5.32 Å². The van der Waals surface area contributed by atoms with Crippen molar-refractivity contribution in [1.29, 1.82) is 0 Å². The Morgan fingerprint density at radius 3 is 1.90 bits per heavy atom. The van der Waals surface area contributed by atoms with Crippen LogP contribution in [-0.4, -0.2) is 50.4 Å². The van der Waals surface area contributed by atoms with Gasteiger partial charge in [-0.15, -0.1) is 0 Å². The average Bonchev–Trinajstić information content (AvgIpc) is 3.06. The lowest BCUT2D eigenvalue weighted by Crippen LogP contribution is -2.45. The summed E-state index contributed by atoms with van der Waals surface area (Å²) in [6.45, 7) is 8.98. The Kier molecular flexibility index (Phi) is 4.99. The van der Waals surface area contributed by atoms with Crippen molar-refractivity contribution in [2.45, 2.75) is 62.2 Å². The summed E-state index contributed by atoms with van der Waals surface area (Å²) in [5.74, 6) is 0.0239. The van der Waals surface area contributed by atoms with Gasteiger partial charge >= 0.3 is 0 Å². The minimum absolute atomic E-state index is 0.0239. The standard InChI is InChI=1S/C13H27NO4S2/c1-12(2,3)19(15,16)9-8-14-10-13(4,5)20(17,18)11-6-7-11/h11,14H,6-10H2,1-5H3. The maximum absolute atomic E-state index is 12.2. The molecule has 7 heteroatoms. The number of rotatable bonds is 7. The molecule has 0 heterocycles. The van der Waals surface area contributed by atoms with Crippen molar-refractivity contribution in [3.05, 3.63) is 0 Å². The molecule has 1 fully saturated rings. The van der Waals surface area contributed by atoms with Crippen LogP contribution in [0.25, 0.3) is 0 Å². The number of sulfone groups is 2. The zero-order chi connectivity index (χ0) is 15.8. The van der Waals surface area contributed by atoms with Crippen LogP contribution in [0.1, 0.15) is 47.5 Å². The highest BCUT2D eigenvalue weighted by molar-refractivity contribution is 7.93. The summed E-state index contributed by atoms with van der Waals surface area (Å²) < 4.78 is 46.7. The lowest BCUT2D eigenvalue weighted by molar-refractivity contribution is 0.518. The van der Waals surface area contributed by atoms with Gasteiger partial charge in [0.1, 0.15) is 0 Å². The molecule has 1 aliphatic rings. The molecule has 0 aromatic carbocycles. The van der Waals surface area contributed by atoms with E-state index >= 15 is 0 Å². The first-order chi connectivity index (χ1) is 8.81. The molecular weight excluding hydrogens is 298 g/mol. The van der Waals surface area contributed by atoms with Crippen LogP contribution >= 0.6 is 0 Å². The van der Waals surface area contributed by atoms with Crippen molar-refractivity contribution >= 4 is 19.7 Å². The minimum Gasteiger partial charge on any atom is -0.314 e. The van der Waals surface area contributed by atoms with E-state index in [2.05, 4.69) is 5.32 Å². The van der Waals surface area contributed by atoms with Crippen molar-refractivity contribution in [1.82, 2.24) is 5.32 Å². The Bertz CT molecular complexity index is 537. The van der Waals surface area contributed by atoms with Crippen LogP contribution in [0.15, 0.2) is 0 Å². The first kappa shape index (κ1) is 17.9. The van der Waals surface area contributed by atoms with Gasteiger partial charge in [0, 0.05) is 13.1 Å². The topological polar surface area (TPSA) is 80.3 Å². The van der Waals surface area contributed by atoms with E-state index in [9.17, 15) is 16.8 Å². The predicted molar refractivity (Wildman–Crippen MR) is 82.4 cm³/mol. The van der Waals surface area contributed by atoms with Gasteiger partial charge in [0.15, 0.2) is 19.7 Å². The third kappa shape index (κ3) is 3.95. The van der Waals surface area contributed by atoms with Crippen molar-refractivity contribution in [3.63, 3.8) is 0 Å². The fourth-order valence-electron chi connectivity index (χ4n) is 1.83. The molecule has 0 bridgehead atoms. The lowest BCUT2D eigenvalue weighted by Gasteiger charge is -2.26. The van der Waals surface area contributed by atoms with Crippen LogP contribution in [0.4, 0.5) is 0 Å². The van der Waals surface area contributed by atoms with Crippen molar-refractivity contribution in [2.75, 3.05) is 18.8 Å². The molecule has 0 aromatic rings. The van der Waals surface area contributed by atoms with Gasteiger partial charge in [-0.1, -0.05) is 0 Å². The van der Waals surface area contributed by atoms with Crippen LogP contribution in [-0.2, 0) is 19.7 Å². The summed E-state index contributed by atoms with van der Waals surface area (Å²) in [7, 11) is -6.29. The Labute approximate surface area is 123 Å². The van der Waals surface area contributed by atoms with Crippen LogP contribution in [0.2, 0.25) is 0 Å². The van der Waals surface area contributed by atoms with Crippen molar-refractivity contribution < 1.29 is 16.8 Å². The largest absolute Gasteiger partial charge is 0.314 e. The van der Waals surface area contributed by atoms with Gasteiger partial charge in [-0.3, -0.25) is 0 Å². The highest BCUT2D eigenvalue weighted by Crippen LogP contribution is 2.35. The molecule has 0 unspecified atom stereocenters. The van der Waals surface area contributed by atoms with Crippen LogP contribution in [0.5, 0.6) is 0 Å². The van der Waals surface area contributed by atoms with Gasteiger partial charge in [0.2, 0.25) is 0 Å². The molecule has 1 aliphatic carbocycles. The number of hydrogen-bond donors (Lipinski definition) is 1. The first-order valence-corrected chi connectivity index (χ1v) is 10.2. The van der Waals surface area contributed by atoms with Gasteiger partial charge in [0.05, 0.1) is 20.5 Å². The zero-order valence-electron chi connectivity index (χ0n) is 13.1. The monoisotopic (exact) mass is 325 g/mol. The van der Waals surface area contributed by atoms with Crippen molar-refractivity contribution in [2.24, 2.45) is 0 Å². The summed E-state index contributed by atoms with van der Waals surface area (Å²) in [5.41, 5.74) is 0. The molecule has 20 heavy (non-hydrogen) atoms. The highest BCUT2D eigenvalue weighted by Gasteiger charge is 2.45. The Morgan fingerprint density at radius 1 is 1.00 bits per heavy atom. The lowest BCUT2D eigenvalue weighted by atomic mass is 10.2. The van der Waals surface area contributed by atoms with Gasteiger partial charge in [-0.25, -0.2) is 16.8 Å². The first-order valence-electron chi connectivity index (χ1n) is 6.98. The summed E-state index contributed by atoms with van der Waals surface area (Å²) in [6, 6.07) is 0. The van der Waals surface area contributed by atoms with Gasteiger partial charge in [-0.2, -0.15) is 0 Å². The molecule has 0 saturated heterocycles. The molecule has 0 atom stereocenters. The second-order valence-corrected chi connectivity index (χ2v) is 12.8. The summed E-state index contributed by atoms with van der Waals surface area (Å²) in [5, 5.41) is 2.79. The van der Waals surface area contributed by atoms with Crippen LogP contribution in [0, 0.1) is 0 Å². The van der Waals surface area contributed by atoms with E-state index in [0.717, 1.165) is 12.8 Å². The average molecular weight is 325 g/mol. The van der Waals surface area contributed by atoms with E-state index < -0.39 is 29.2 Å². The predicted octanol–water partition coefficient (Wildman–Crippen LogP) is 1.15. The molecule has 5 nitrogen and oxygen atoms in total. The van der Waals surface area contributed by atoms with Crippen molar-refractivity contribution in [3.8, 4) is 0 Å². The minimum atomic E-state index is -3.17. The molecule has 1 N–H and O–H groups in total. The number of hydrogen-bond acceptors (Lipinski definition) is 5. The molecule has 0 aliphatic heterocycles. The smallest absolute Gasteiger partial charge is 0.159 e. The van der Waals surface area contributed by atoms with Gasteiger partial charge < -0.3 is 5.32 Å².